The van der Waals surface area contributed by atoms with Crippen molar-refractivity contribution in [2.75, 3.05) is 5.73 Å². The van der Waals surface area contributed by atoms with Gasteiger partial charge in [0.05, 0.1) is 0 Å². The summed E-state index contributed by atoms with van der Waals surface area (Å²) in [6.07, 6.45) is 2.28. The standard InChI is InChI=1S/C12H10N2O/c13-12-6-11(10(8-15)7-14-12)9-4-2-1-3-5-9/h1-8H,(H2,13,14). The number of carbonyl (C=O) groups is 1. The van der Waals surface area contributed by atoms with Crippen LogP contribution >= 0.6 is 0 Å². The fraction of sp³-hybridized carbons (Fsp3) is 0. The molecule has 1 aromatic heterocycles. The van der Waals surface area contributed by atoms with Crippen LogP contribution in [0.25, 0.3) is 11.1 Å². The molecule has 0 atom stereocenters. The molecule has 74 valence electrons. The lowest BCUT2D eigenvalue weighted by molar-refractivity contribution is 0.112. The van der Waals surface area contributed by atoms with E-state index in [4.69, 9.17) is 5.73 Å². The molecule has 15 heavy (non-hydrogen) atoms. The molecule has 0 saturated heterocycles. The second-order valence-corrected chi connectivity index (χ2v) is 3.18. The van der Waals surface area contributed by atoms with Gasteiger partial charge in [-0.3, -0.25) is 4.79 Å². The number of aromatic nitrogens is 1. The van der Waals surface area contributed by atoms with E-state index in [1.165, 1.54) is 6.20 Å². The Kier molecular flexibility index (Phi) is 2.46. The van der Waals surface area contributed by atoms with Gasteiger partial charge in [-0.05, 0) is 17.2 Å². The van der Waals surface area contributed by atoms with E-state index in [0.717, 1.165) is 17.4 Å². The van der Waals surface area contributed by atoms with Gasteiger partial charge in [-0.1, -0.05) is 30.3 Å². The molecule has 0 bridgehead atoms. The number of benzene rings is 1. The number of hydrogen-bond acceptors (Lipinski definition) is 3. The van der Waals surface area contributed by atoms with E-state index in [0.29, 0.717) is 11.4 Å². The molecule has 0 unspecified atom stereocenters. The summed E-state index contributed by atoms with van der Waals surface area (Å²) >= 11 is 0. The van der Waals surface area contributed by atoms with Crippen molar-refractivity contribution in [3.63, 3.8) is 0 Å². The van der Waals surface area contributed by atoms with Gasteiger partial charge in [-0.25, -0.2) is 4.98 Å². The Labute approximate surface area is 87.6 Å². The lowest BCUT2D eigenvalue weighted by atomic mass is 10.0. The van der Waals surface area contributed by atoms with Crippen molar-refractivity contribution in [3.05, 3.63) is 48.2 Å². The normalized spacial score (nSPS) is 9.87. The van der Waals surface area contributed by atoms with Crippen LogP contribution in [0.2, 0.25) is 0 Å². The summed E-state index contributed by atoms with van der Waals surface area (Å²) in [5.74, 6) is 0.416. The first-order valence-corrected chi connectivity index (χ1v) is 4.57. The molecule has 0 aliphatic heterocycles. The van der Waals surface area contributed by atoms with E-state index in [1.54, 1.807) is 6.07 Å². The van der Waals surface area contributed by atoms with Crippen LogP contribution in [0.1, 0.15) is 10.4 Å². The maximum atomic E-state index is 10.8. The Morgan fingerprint density at radius 2 is 1.93 bits per heavy atom. The summed E-state index contributed by atoms with van der Waals surface area (Å²) in [7, 11) is 0. The predicted molar refractivity (Wildman–Crippen MR) is 59.5 cm³/mol. The summed E-state index contributed by atoms with van der Waals surface area (Å²) in [6.45, 7) is 0. The van der Waals surface area contributed by atoms with Crippen LogP contribution in [0.4, 0.5) is 5.82 Å². The molecule has 0 spiro atoms. The zero-order chi connectivity index (χ0) is 10.7. The van der Waals surface area contributed by atoms with Gasteiger partial charge >= 0.3 is 0 Å². The number of nitrogen functional groups attached to an aromatic ring is 1. The van der Waals surface area contributed by atoms with Crippen molar-refractivity contribution >= 4 is 12.1 Å². The average molecular weight is 198 g/mol. The van der Waals surface area contributed by atoms with Gasteiger partial charge in [0.25, 0.3) is 0 Å². The number of carbonyl (C=O) groups excluding carboxylic acids is 1. The quantitative estimate of drug-likeness (QED) is 0.752. The van der Waals surface area contributed by atoms with Gasteiger partial charge in [-0.2, -0.15) is 0 Å². The van der Waals surface area contributed by atoms with E-state index in [-0.39, 0.29) is 0 Å². The second-order valence-electron chi connectivity index (χ2n) is 3.18. The number of aldehydes is 1. The van der Waals surface area contributed by atoms with Crippen molar-refractivity contribution in [2.45, 2.75) is 0 Å². The first-order chi connectivity index (χ1) is 7.31. The largest absolute Gasteiger partial charge is 0.384 e. The molecule has 0 saturated carbocycles. The minimum Gasteiger partial charge on any atom is -0.384 e. The van der Waals surface area contributed by atoms with Gasteiger partial charge in [0, 0.05) is 11.8 Å². The fourth-order valence-electron chi connectivity index (χ4n) is 1.44. The molecule has 0 amide bonds. The summed E-state index contributed by atoms with van der Waals surface area (Å²) in [6, 6.07) is 11.3. The van der Waals surface area contributed by atoms with Gasteiger partial charge in [0.1, 0.15) is 5.82 Å². The van der Waals surface area contributed by atoms with Crippen LogP contribution in [0.3, 0.4) is 0 Å². The maximum absolute atomic E-state index is 10.8. The molecule has 3 nitrogen and oxygen atoms in total. The second kappa shape index (κ2) is 3.92. The molecular formula is C12H10N2O. The first kappa shape index (κ1) is 9.40. The van der Waals surface area contributed by atoms with Crippen molar-refractivity contribution < 1.29 is 4.79 Å². The summed E-state index contributed by atoms with van der Waals surface area (Å²) < 4.78 is 0. The number of hydrogen-bond donors (Lipinski definition) is 1. The highest BCUT2D eigenvalue weighted by atomic mass is 16.1. The molecule has 1 aromatic carbocycles. The van der Waals surface area contributed by atoms with Crippen LogP contribution in [0.5, 0.6) is 0 Å². The Balaban J connectivity index is 2.61. The monoisotopic (exact) mass is 198 g/mol. The Morgan fingerprint density at radius 1 is 1.20 bits per heavy atom. The lowest BCUT2D eigenvalue weighted by Gasteiger charge is -2.04. The van der Waals surface area contributed by atoms with E-state index >= 15 is 0 Å². The number of rotatable bonds is 2. The zero-order valence-electron chi connectivity index (χ0n) is 8.05. The molecule has 2 N–H and O–H groups in total. The summed E-state index contributed by atoms with van der Waals surface area (Å²) in [4.78, 5) is 14.7. The first-order valence-electron chi connectivity index (χ1n) is 4.57. The van der Waals surface area contributed by atoms with Gasteiger partial charge in [0.15, 0.2) is 6.29 Å². The molecule has 2 aromatic rings. The van der Waals surface area contributed by atoms with E-state index in [9.17, 15) is 4.79 Å². The average Bonchev–Trinajstić information content (AvgIpc) is 2.30. The van der Waals surface area contributed by atoms with Crippen molar-refractivity contribution in [3.8, 4) is 11.1 Å². The molecule has 0 aliphatic rings. The molecule has 0 radical (unpaired) electrons. The summed E-state index contributed by atoms with van der Waals surface area (Å²) in [5.41, 5.74) is 7.93. The third-order valence-corrected chi connectivity index (χ3v) is 2.17. The summed E-state index contributed by atoms with van der Waals surface area (Å²) in [5, 5.41) is 0. The van der Waals surface area contributed by atoms with Crippen molar-refractivity contribution in [1.82, 2.24) is 4.98 Å². The SMILES string of the molecule is Nc1cc(-c2ccccc2)c(C=O)cn1. The highest BCUT2D eigenvalue weighted by Gasteiger charge is 2.04. The number of nitrogens with zero attached hydrogens (tertiary/aromatic N) is 1. The van der Waals surface area contributed by atoms with Crippen LogP contribution in [0.15, 0.2) is 42.6 Å². The lowest BCUT2D eigenvalue weighted by Crippen LogP contribution is -1.94. The zero-order valence-corrected chi connectivity index (χ0v) is 8.05. The minimum atomic E-state index is 0.416. The molecule has 0 aliphatic carbocycles. The van der Waals surface area contributed by atoms with E-state index in [1.807, 2.05) is 30.3 Å². The van der Waals surface area contributed by atoms with Crippen LogP contribution in [0, 0.1) is 0 Å². The number of pyridine rings is 1. The maximum Gasteiger partial charge on any atom is 0.152 e. The third-order valence-electron chi connectivity index (χ3n) is 2.17. The van der Waals surface area contributed by atoms with Gasteiger partial charge in [0.2, 0.25) is 0 Å². The Bertz CT molecular complexity index is 480. The van der Waals surface area contributed by atoms with Crippen molar-refractivity contribution in [1.29, 1.82) is 0 Å². The van der Waals surface area contributed by atoms with E-state index < -0.39 is 0 Å². The van der Waals surface area contributed by atoms with Gasteiger partial charge in [-0.15, -0.1) is 0 Å². The molecule has 1 heterocycles. The molecule has 2 rings (SSSR count). The smallest absolute Gasteiger partial charge is 0.152 e. The topological polar surface area (TPSA) is 56.0 Å². The highest BCUT2D eigenvalue weighted by Crippen LogP contribution is 2.23. The number of nitrogens with two attached hydrogens (primary N) is 1. The fourth-order valence-corrected chi connectivity index (χ4v) is 1.44. The highest BCUT2D eigenvalue weighted by molar-refractivity contribution is 5.87. The Hall–Kier alpha value is -2.16. The van der Waals surface area contributed by atoms with E-state index in [2.05, 4.69) is 4.98 Å². The Morgan fingerprint density at radius 3 is 2.60 bits per heavy atom. The molecular weight excluding hydrogens is 188 g/mol. The minimum absolute atomic E-state index is 0.416. The van der Waals surface area contributed by atoms with Crippen LogP contribution < -0.4 is 5.73 Å². The predicted octanol–water partition coefficient (Wildman–Crippen LogP) is 2.14. The van der Waals surface area contributed by atoms with Crippen molar-refractivity contribution in [2.24, 2.45) is 0 Å². The molecule has 3 heteroatoms. The number of anilines is 1. The molecule has 0 fully saturated rings. The van der Waals surface area contributed by atoms with Crippen LogP contribution in [-0.2, 0) is 0 Å². The third kappa shape index (κ3) is 1.86. The van der Waals surface area contributed by atoms with Crippen LogP contribution in [-0.4, -0.2) is 11.3 Å². The van der Waals surface area contributed by atoms with Gasteiger partial charge < -0.3 is 5.73 Å².